The van der Waals surface area contributed by atoms with Crippen LogP contribution in [-0.2, 0) is 16.1 Å². The summed E-state index contributed by atoms with van der Waals surface area (Å²) in [6, 6.07) is 21.7. The number of Topliss-reactive ketones (excluding diaryl/α,β-unsaturated/α-hetero) is 1. The van der Waals surface area contributed by atoms with Gasteiger partial charge in [0, 0.05) is 64.8 Å². The predicted octanol–water partition coefficient (Wildman–Crippen LogP) is 3.24. The van der Waals surface area contributed by atoms with E-state index in [0.717, 1.165) is 0 Å². The summed E-state index contributed by atoms with van der Waals surface area (Å²) in [6.07, 6.45) is -0.183. The van der Waals surface area contributed by atoms with Crippen molar-refractivity contribution in [3.05, 3.63) is 94.5 Å². The molecule has 4 aromatic rings. The number of hydrogen-bond acceptors (Lipinski definition) is 9. The van der Waals surface area contributed by atoms with Gasteiger partial charge in [0.2, 0.25) is 5.91 Å². The van der Waals surface area contributed by atoms with Gasteiger partial charge in [-0.05, 0) is 56.3 Å². The number of amides is 2. The standard InChI is InChI=1S/C38H44N6O6/c1-27(2)50-35-14-13-29(34(46)24-40-15-19-42(20-16-40)28(3)45)23-33(35)44-36(39-32-12-8-7-11-31(32)38(44)48)25-41-17-21-43(22-18-41)37(47)26-49-30-9-5-4-6-10-30/h4-14,23,27H,15-22,24-26H2,1-3H3. The van der Waals surface area contributed by atoms with E-state index < -0.39 is 0 Å². The minimum atomic E-state index is -0.254. The average molecular weight is 681 g/mol. The SMILES string of the molecule is CC(=O)N1CCN(CC(=O)c2ccc(OC(C)C)c(-n3c(CN4CCN(C(=O)COc5ccccc5)CC4)nc4ccccc4c3=O)c2)CC1. The lowest BCUT2D eigenvalue weighted by molar-refractivity contribution is -0.135. The largest absolute Gasteiger partial charge is 0.489 e. The maximum absolute atomic E-state index is 14.3. The first-order valence-corrected chi connectivity index (χ1v) is 17.2. The molecule has 50 heavy (non-hydrogen) atoms. The van der Waals surface area contributed by atoms with E-state index in [1.165, 1.54) is 0 Å². The number of ketones is 1. The second-order valence-electron chi connectivity index (χ2n) is 13.0. The third-order valence-corrected chi connectivity index (χ3v) is 9.11. The van der Waals surface area contributed by atoms with E-state index in [2.05, 4.69) is 4.90 Å². The van der Waals surface area contributed by atoms with Crippen LogP contribution in [-0.4, -0.2) is 118 Å². The fourth-order valence-corrected chi connectivity index (χ4v) is 6.38. The second-order valence-corrected chi connectivity index (χ2v) is 13.0. The number of para-hydroxylation sites is 2. The van der Waals surface area contributed by atoms with E-state index in [1.54, 1.807) is 45.6 Å². The first-order valence-electron chi connectivity index (χ1n) is 17.2. The Morgan fingerprint density at radius 2 is 1.46 bits per heavy atom. The van der Waals surface area contributed by atoms with Crippen molar-refractivity contribution in [3.8, 4) is 17.2 Å². The molecule has 2 aliphatic heterocycles. The Hall–Kier alpha value is -5.07. The molecule has 2 aliphatic rings. The molecule has 3 aromatic carbocycles. The predicted molar refractivity (Wildman–Crippen MR) is 190 cm³/mol. The van der Waals surface area contributed by atoms with Gasteiger partial charge < -0.3 is 19.3 Å². The summed E-state index contributed by atoms with van der Waals surface area (Å²) < 4.78 is 13.5. The third kappa shape index (κ3) is 8.20. The highest BCUT2D eigenvalue weighted by molar-refractivity contribution is 5.98. The summed E-state index contributed by atoms with van der Waals surface area (Å²) in [5.74, 6) is 1.51. The van der Waals surface area contributed by atoms with E-state index in [0.29, 0.717) is 98.4 Å². The van der Waals surface area contributed by atoms with Crippen LogP contribution in [0.5, 0.6) is 11.5 Å². The van der Waals surface area contributed by atoms with E-state index in [9.17, 15) is 19.2 Å². The van der Waals surface area contributed by atoms with Gasteiger partial charge in [-0.2, -0.15) is 0 Å². The highest BCUT2D eigenvalue weighted by Gasteiger charge is 2.26. The average Bonchev–Trinajstić information content (AvgIpc) is 3.12. The smallest absolute Gasteiger partial charge is 0.266 e. The second kappa shape index (κ2) is 15.6. The summed E-state index contributed by atoms with van der Waals surface area (Å²) in [5, 5.41) is 0.459. The molecule has 0 aliphatic carbocycles. The molecule has 2 amide bonds. The number of ether oxygens (including phenoxy) is 2. The Bertz CT molecular complexity index is 1900. The Morgan fingerprint density at radius 1 is 0.800 bits per heavy atom. The van der Waals surface area contributed by atoms with Gasteiger partial charge >= 0.3 is 0 Å². The Labute approximate surface area is 291 Å². The molecule has 3 heterocycles. The number of rotatable bonds is 11. The van der Waals surface area contributed by atoms with Gasteiger partial charge in [0.1, 0.15) is 17.3 Å². The van der Waals surface area contributed by atoms with Crippen molar-refractivity contribution < 1.29 is 23.9 Å². The quantitative estimate of drug-likeness (QED) is 0.220. The summed E-state index contributed by atoms with van der Waals surface area (Å²) in [5.41, 5.74) is 1.24. The van der Waals surface area contributed by atoms with Gasteiger partial charge in [-0.3, -0.25) is 33.5 Å². The lowest BCUT2D eigenvalue weighted by Crippen LogP contribution is -2.50. The van der Waals surface area contributed by atoms with E-state index in [1.807, 2.05) is 67.3 Å². The van der Waals surface area contributed by atoms with Crippen LogP contribution in [0.15, 0.2) is 77.6 Å². The topological polar surface area (TPSA) is 118 Å². The van der Waals surface area contributed by atoms with Crippen LogP contribution < -0.4 is 15.0 Å². The molecular formula is C38H44N6O6. The normalized spacial score (nSPS) is 15.8. The van der Waals surface area contributed by atoms with Crippen molar-refractivity contribution in [1.82, 2.24) is 29.2 Å². The van der Waals surface area contributed by atoms with Gasteiger partial charge in [0.25, 0.3) is 11.5 Å². The minimum absolute atomic E-state index is 0.0297. The molecule has 12 nitrogen and oxygen atoms in total. The molecule has 262 valence electrons. The summed E-state index contributed by atoms with van der Waals surface area (Å²) >= 11 is 0. The maximum Gasteiger partial charge on any atom is 0.266 e. The zero-order valence-electron chi connectivity index (χ0n) is 28.9. The molecule has 2 fully saturated rings. The third-order valence-electron chi connectivity index (χ3n) is 9.11. The summed E-state index contributed by atoms with van der Waals surface area (Å²) in [4.78, 5) is 65.4. The van der Waals surface area contributed by atoms with Crippen LogP contribution in [0.25, 0.3) is 16.6 Å². The van der Waals surface area contributed by atoms with Crippen LogP contribution in [0, 0.1) is 0 Å². The van der Waals surface area contributed by atoms with Gasteiger partial charge in [0.05, 0.1) is 35.8 Å². The van der Waals surface area contributed by atoms with Crippen LogP contribution >= 0.6 is 0 Å². The first kappa shape index (κ1) is 34.8. The molecule has 0 radical (unpaired) electrons. The molecule has 0 unspecified atom stereocenters. The van der Waals surface area contributed by atoms with Crippen molar-refractivity contribution in [1.29, 1.82) is 0 Å². The molecular weight excluding hydrogens is 636 g/mol. The molecule has 0 N–H and O–H groups in total. The van der Waals surface area contributed by atoms with Crippen molar-refractivity contribution in [2.45, 2.75) is 33.4 Å². The zero-order valence-corrected chi connectivity index (χ0v) is 28.9. The van der Waals surface area contributed by atoms with Gasteiger partial charge in [0.15, 0.2) is 12.4 Å². The fraction of sp³-hybridized carbons (Fsp3) is 0.395. The molecule has 0 atom stereocenters. The highest BCUT2D eigenvalue weighted by atomic mass is 16.5. The molecule has 1 aromatic heterocycles. The highest BCUT2D eigenvalue weighted by Crippen LogP contribution is 2.27. The van der Waals surface area contributed by atoms with Crippen molar-refractivity contribution >= 4 is 28.5 Å². The van der Waals surface area contributed by atoms with Gasteiger partial charge in [-0.25, -0.2) is 4.98 Å². The maximum atomic E-state index is 14.3. The van der Waals surface area contributed by atoms with Crippen molar-refractivity contribution in [3.63, 3.8) is 0 Å². The van der Waals surface area contributed by atoms with Crippen LogP contribution in [0.3, 0.4) is 0 Å². The number of fused-ring (bicyclic) bond motifs is 1. The van der Waals surface area contributed by atoms with Crippen LogP contribution in [0.2, 0.25) is 0 Å². The molecule has 0 spiro atoms. The van der Waals surface area contributed by atoms with Crippen molar-refractivity contribution in [2.24, 2.45) is 0 Å². The monoisotopic (exact) mass is 680 g/mol. The Morgan fingerprint density at radius 3 is 2.16 bits per heavy atom. The number of piperazine rings is 2. The number of nitrogens with zero attached hydrogens (tertiary/aromatic N) is 6. The lowest BCUT2D eigenvalue weighted by atomic mass is 10.1. The first-order chi connectivity index (χ1) is 24.2. The van der Waals surface area contributed by atoms with Crippen molar-refractivity contribution in [2.75, 3.05) is 65.5 Å². The van der Waals surface area contributed by atoms with E-state index in [4.69, 9.17) is 14.5 Å². The molecule has 0 bridgehead atoms. The van der Waals surface area contributed by atoms with Gasteiger partial charge in [-0.15, -0.1) is 0 Å². The fourth-order valence-electron chi connectivity index (χ4n) is 6.38. The Kier molecular flexibility index (Phi) is 10.9. The molecule has 12 heteroatoms. The van der Waals surface area contributed by atoms with E-state index in [-0.39, 0.29) is 42.4 Å². The number of carbonyl (C=O) groups is 3. The molecule has 2 saturated heterocycles. The minimum Gasteiger partial charge on any atom is -0.489 e. The van der Waals surface area contributed by atoms with Crippen LogP contribution in [0.1, 0.15) is 37.0 Å². The number of carbonyl (C=O) groups excluding carboxylic acids is 3. The number of benzene rings is 3. The molecule has 6 rings (SSSR count). The zero-order chi connectivity index (χ0) is 35.2. The van der Waals surface area contributed by atoms with Crippen LogP contribution in [0.4, 0.5) is 0 Å². The molecule has 0 saturated carbocycles. The van der Waals surface area contributed by atoms with Gasteiger partial charge in [-0.1, -0.05) is 30.3 Å². The Balaban J connectivity index is 1.25. The number of hydrogen-bond donors (Lipinski definition) is 0. The van der Waals surface area contributed by atoms with E-state index >= 15 is 0 Å². The summed E-state index contributed by atoms with van der Waals surface area (Å²) in [6.45, 7) is 10.5. The number of aromatic nitrogens is 2. The lowest BCUT2D eigenvalue weighted by Gasteiger charge is -2.35. The summed E-state index contributed by atoms with van der Waals surface area (Å²) in [7, 11) is 0.